The lowest BCUT2D eigenvalue weighted by Crippen LogP contribution is -2.32. The van der Waals surface area contributed by atoms with Crippen LogP contribution in [0.2, 0.25) is 0 Å². The summed E-state index contributed by atoms with van der Waals surface area (Å²) in [5.74, 6) is -2.37. The number of rotatable bonds is 13. The lowest BCUT2D eigenvalue weighted by Gasteiger charge is -2.11. The molecule has 0 spiro atoms. The largest absolute Gasteiger partial charge is 0.494 e. The number of aromatic nitrogens is 1. The molecule has 0 amide bonds. The molecule has 1 aromatic heterocycles. The van der Waals surface area contributed by atoms with E-state index in [1.165, 1.54) is 0 Å². The zero-order valence-corrected chi connectivity index (χ0v) is 23.7. The fourth-order valence-electron chi connectivity index (χ4n) is 3.94. The Bertz CT molecular complexity index is 1410. The molecule has 4 rings (SSSR count). The fourth-order valence-corrected chi connectivity index (χ4v) is 3.94. The number of aliphatic carboxylic acids is 2. The quantitative estimate of drug-likeness (QED) is 0.144. The predicted molar refractivity (Wildman–Crippen MR) is 159 cm³/mol. The third-order valence-electron chi connectivity index (χ3n) is 6.22. The van der Waals surface area contributed by atoms with Crippen molar-refractivity contribution in [1.82, 2.24) is 4.98 Å². The van der Waals surface area contributed by atoms with Gasteiger partial charge in [-0.05, 0) is 60.6 Å². The summed E-state index contributed by atoms with van der Waals surface area (Å²) in [4.78, 5) is 24.5. The van der Waals surface area contributed by atoms with Crippen LogP contribution in [0.5, 0.6) is 11.6 Å². The number of hydrogen-bond acceptors (Lipinski definition) is 6. The van der Waals surface area contributed by atoms with Crippen LogP contribution in [0.4, 0.5) is 13.2 Å². The van der Waals surface area contributed by atoms with E-state index in [0.717, 1.165) is 53.0 Å². The number of carboxylic acids is 2. The highest BCUT2D eigenvalue weighted by atomic mass is 19.4. The minimum absolute atomic E-state index is 0.297. The minimum Gasteiger partial charge on any atom is -0.494 e. The van der Waals surface area contributed by atoms with Crippen molar-refractivity contribution in [1.29, 1.82) is 0 Å². The van der Waals surface area contributed by atoms with Crippen molar-refractivity contribution in [3.63, 3.8) is 0 Å². The first-order valence-electron chi connectivity index (χ1n) is 13.8. The van der Waals surface area contributed by atoms with Crippen LogP contribution in [0.25, 0.3) is 22.4 Å². The first-order chi connectivity index (χ1) is 21.0. The first kappa shape index (κ1) is 33.6. The maximum Gasteiger partial charge on any atom is 0.490 e. The van der Waals surface area contributed by atoms with E-state index >= 15 is 0 Å². The Morgan fingerprint density at radius 2 is 1.30 bits per heavy atom. The zero-order chi connectivity index (χ0) is 32.0. The summed E-state index contributed by atoms with van der Waals surface area (Å²) in [5.41, 5.74) is 10.6. The second-order valence-electron chi connectivity index (χ2n) is 9.66. The highest BCUT2D eigenvalue weighted by molar-refractivity contribution is 5.74. The molecule has 44 heavy (non-hydrogen) atoms. The van der Waals surface area contributed by atoms with Gasteiger partial charge in [0.25, 0.3) is 0 Å². The normalized spacial score (nSPS) is 11.5. The molecule has 1 unspecified atom stereocenters. The average Bonchev–Trinajstić information content (AvgIpc) is 3.02. The van der Waals surface area contributed by atoms with Crippen molar-refractivity contribution in [3.05, 3.63) is 103 Å². The molecule has 11 heteroatoms. The van der Waals surface area contributed by atoms with Crippen molar-refractivity contribution >= 4 is 11.9 Å². The Kier molecular flexibility index (Phi) is 12.7. The van der Waals surface area contributed by atoms with E-state index in [0.29, 0.717) is 25.5 Å². The van der Waals surface area contributed by atoms with Crippen LogP contribution in [0.1, 0.15) is 24.8 Å². The van der Waals surface area contributed by atoms with Crippen molar-refractivity contribution in [3.8, 4) is 34.0 Å². The van der Waals surface area contributed by atoms with Crippen LogP contribution in [0.15, 0.2) is 97.1 Å². The second-order valence-corrected chi connectivity index (χ2v) is 9.66. The van der Waals surface area contributed by atoms with E-state index in [2.05, 4.69) is 30.3 Å². The van der Waals surface area contributed by atoms with Gasteiger partial charge in [0.05, 0.1) is 18.9 Å². The van der Waals surface area contributed by atoms with Gasteiger partial charge in [-0.15, -0.1) is 0 Å². The topological polar surface area (TPSA) is 132 Å². The molecule has 1 atom stereocenters. The van der Waals surface area contributed by atoms with E-state index in [4.69, 9.17) is 35.2 Å². The fraction of sp³-hybridized carbons (Fsp3) is 0.242. The number of halogens is 3. The standard InChI is InChI=1S/C31H32N2O4.C2HF3O2/c32-28(31(34)35)20-23-14-16-27(17-15-23)36-18-8-3-9-19-37-30-22-26(24-10-4-1-5-11-24)21-29(33-30)25-12-6-2-7-13-25;3-2(4,5)1(6)7/h1-2,4-7,10-17,21-22,28H,3,8-9,18-20,32H2,(H,34,35);(H,6,7). The number of unbranched alkanes of at least 4 members (excludes halogenated alkanes) is 2. The predicted octanol–water partition coefficient (Wildman–Crippen LogP) is 6.63. The minimum atomic E-state index is -5.08. The zero-order valence-electron chi connectivity index (χ0n) is 23.7. The summed E-state index contributed by atoms with van der Waals surface area (Å²) < 4.78 is 43.6. The molecule has 0 aliphatic heterocycles. The number of carbonyl (C=O) groups is 2. The number of alkyl halides is 3. The van der Waals surface area contributed by atoms with Gasteiger partial charge in [-0.2, -0.15) is 13.2 Å². The van der Waals surface area contributed by atoms with Crippen LogP contribution in [-0.4, -0.2) is 52.6 Å². The summed E-state index contributed by atoms with van der Waals surface area (Å²) in [6, 6.07) is 31.0. The molecular weight excluding hydrogens is 577 g/mol. The number of carboxylic acid groups (broad SMARTS) is 2. The monoisotopic (exact) mass is 610 g/mol. The Morgan fingerprint density at radius 1 is 0.750 bits per heavy atom. The molecule has 0 radical (unpaired) electrons. The van der Waals surface area contributed by atoms with Gasteiger partial charge in [-0.25, -0.2) is 9.78 Å². The summed E-state index contributed by atoms with van der Waals surface area (Å²) in [6.45, 7) is 1.19. The molecule has 1 heterocycles. The Balaban J connectivity index is 0.000000676. The van der Waals surface area contributed by atoms with Crippen LogP contribution in [0.3, 0.4) is 0 Å². The summed E-state index contributed by atoms with van der Waals surface area (Å²) in [6.07, 6.45) is -2.02. The van der Waals surface area contributed by atoms with Gasteiger partial charge in [0, 0.05) is 11.6 Å². The average molecular weight is 611 g/mol. The summed E-state index contributed by atoms with van der Waals surface area (Å²) in [5, 5.41) is 16.0. The lowest BCUT2D eigenvalue weighted by atomic mass is 10.0. The van der Waals surface area contributed by atoms with Crippen LogP contribution < -0.4 is 15.2 Å². The van der Waals surface area contributed by atoms with E-state index in [9.17, 15) is 18.0 Å². The van der Waals surface area contributed by atoms with Crippen LogP contribution >= 0.6 is 0 Å². The molecule has 0 fully saturated rings. The van der Waals surface area contributed by atoms with Crippen LogP contribution in [-0.2, 0) is 16.0 Å². The summed E-state index contributed by atoms with van der Waals surface area (Å²) >= 11 is 0. The van der Waals surface area contributed by atoms with E-state index in [1.54, 1.807) is 0 Å². The van der Waals surface area contributed by atoms with Gasteiger partial charge in [-0.1, -0.05) is 72.8 Å². The number of nitrogens with zero attached hydrogens (tertiary/aromatic N) is 1. The molecule has 4 aromatic rings. The van der Waals surface area contributed by atoms with Crippen molar-refractivity contribution in [2.75, 3.05) is 13.2 Å². The molecule has 0 aliphatic carbocycles. The molecule has 8 nitrogen and oxygen atoms in total. The first-order valence-corrected chi connectivity index (χ1v) is 13.8. The Hall–Kier alpha value is -4.90. The highest BCUT2D eigenvalue weighted by Crippen LogP contribution is 2.28. The lowest BCUT2D eigenvalue weighted by molar-refractivity contribution is -0.192. The number of pyridine rings is 1. The molecule has 0 saturated heterocycles. The second kappa shape index (κ2) is 16.7. The number of hydrogen-bond donors (Lipinski definition) is 3. The third-order valence-corrected chi connectivity index (χ3v) is 6.22. The highest BCUT2D eigenvalue weighted by Gasteiger charge is 2.38. The Morgan fingerprint density at radius 3 is 1.84 bits per heavy atom. The van der Waals surface area contributed by atoms with E-state index in [-0.39, 0.29) is 0 Å². The maximum absolute atomic E-state index is 10.9. The third kappa shape index (κ3) is 11.4. The maximum atomic E-state index is 10.9. The summed E-state index contributed by atoms with van der Waals surface area (Å²) in [7, 11) is 0. The van der Waals surface area contributed by atoms with Gasteiger partial charge in [-0.3, -0.25) is 4.79 Å². The smallest absolute Gasteiger partial charge is 0.490 e. The number of nitrogens with two attached hydrogens (primary N) is 1. The number of benzene rings is 3. The number of ether oxygens (including phenoxy) is 2. The van der Waals surface area contributed by atoms with Gasteiger partial charge in [0.2, 0.25) is 5.88 Å². The molecule has 232 valence electrons. The van der Waals surface area contributed by atoms with Gasteiger partial charge in [0.15, 0.2) is 0 Å². The molecule has 3 aromatic carbocycles. The van der Waals surface area contributed by atoms with Gasteiger partial charge < -0.3 is 25.4 Å². The molecule has 0 bridgehead atoms. The van der Waals surface area contributed by atoms with Gasteiger partial charge >= 0.3 is 18.1 Å². The molecular formula is C33H33F3N2O6. The molecule has 0 saturated carbocycles. The van der Waals surface area contributed by atoms with E-state index < -0.39 is 24.2 Å². The van der Waals surface area contributed by atoms with E-state index in [1.807, 2.05) is 66.7 Å². The van der Waals surface area contributed by atoms with Crippen molar-refractivity contribution in [2.24, 2.45) is 5.73 Å². The van der Waals surface area contributed by atoms with Crippen LogP contribution in [0, 0.1) is 0 Å². The van der Waals surface area contributed by atoms with Crippen molar-refractivity contribution in [2.45, 2.75) is 37.9 Å². The van der Waals surface area contributed by atoms with Gasteiger partial charge in [0.1, 0.15) is 11.8 Å². The SMILES string of the molecule is NC(Cc1ccc(OCCCCCOc2cc(-c3ccccc3)cc(-c3ccccc3)n2)cc1)C(=O)O.O=C(O)C(F)(F)F. The Labute approximate surface area is 252 Å². The molecule has 4 N–H and O–H groups in total. The van der Waals surface area contributed by atoms with Crippen molar-refractivity contribution < 1.29 is 42.4 Å². The molecule has 0 aliphatic rings.